The summed E-state index contributed by atoms with van der Waals surface area (Å²) in [6.45, 7) is 3.36. The van der Waals surface area contributed by atoms with Crippen molar-refractivity contribution < 1.29 is 13.7 Å². The molecule has 1 saturated carbocycles. The SMILES string of the molecule is Cc1nc(C2CCN(C(=O)C3CCC(Nc4nc5ccccc5o4)CC3)CC2)no1. The third kappa shape index (κ3) is 3.91. The van der Waals surface area contributed by atoms with Crippen LogP contribution in [0.4, 0.5) is 6.01 Å². The maximum absolute atomic E-state index is 13.0. The highest BCUT2D eigenvalue weighted by molar-refractivity contribution is 5.79. The van der Waals surface area contributed by atoms with Crippen LogP contribution >= 0.6 is 0 Å². The minimum atomic E-state index is 0.121. The fourth-order valence-electron chi connectivity index (χ4n) is 4.69. The molecule has 1 amide bonds. The van der Waals surface area contributed by atoms with E-state index in [0.29, 0.717) is 29.8 Å². The Balaban J connectivity index is 1.11. The van der Waals surface area contributed by atoms with Crippen LogP contribution in [0.5, 0.6) is 0 Å². The number of piperidine rings is 1. The lowest BCUT2D eigenvalue weighted by Gasteiger charge is -2.35. The van der Waals surface area contributed by atoms with E-state index in [-0.39, 0.29) is 5.92 Å². The van der Waals surface area contributed by atoms with E-state index in [1.807, 2.05) is 36.1 Å². The van der Waals surface area contributed by atoms with Crippen LogP contribution in [-0.4, -0.2) is 45.1 Å². The monoisotopic (exact) mass is 409 g/mol. The van der Waals surface area contributed by atoms with Crippen molar-refractivity contribution in [3.8, 4) is 0 Å². The van der Waals surface area contributed by atoms with Crippen molar-refractivity contribution in [1.82, 2.24) is 20.0 Å². The van der Waals surface area contributed by atoms with Gasteiger partial charge in [0, 0.05) is 37.9 Å². The van der Waals surface area contributed by atoms with Crippen molar-refractivity contribution >= 4 is 23.0 Å². The summed E-state index contributed by atoms with van der Waals surface area (Å²) >= 11 is 0. The Bertz CT molecular complexity index is 980. The van der Waals surface area contributed by atoms with Gasteiger partial charge in [0.2, 0.25) is 11.8 Å². The number of anilines is 1. The van der Waals surface area contributed by atoms with Crippen molar-refractivity contribution in [1.29, 1.82) is 0 Å². The number of aryl methyl sites for hydroxylation is 1. The number of oxazole rings is 1. The third-order valence-electron chi connectivity index (χ3n) is 6.41. The second-order valence-corrected chi connectivity index (χ2v) is 8.45. The number of hydrogen-bond donors (Lipinski definition) is 1. The molecular formula is C22H27N5O3. The van der Waals surface area contributed by atoms with Crippen molar-refractivity contribution in [2.45, 2.75) is 57.4 Å². The quantitative estimate of drug-likeness (QED) is 0.698. The van der Waals surface area contributed by atoms with Crippen LogP contribution in [0, 0.1) is 12.8 Å². The number of para-hydroxylation sites is 2. The van der Waals surface area contributed by atoms with E-state index in [0.717, 1.165) is 68.5 Å². The standard InChI is InChI=1S/C22H27N5O3/c1-14-23-20(26-30-14)15-10-12-27(13-11-15)21(28)16-6-8-17(9-7-16)24-22-25-18-4-2-3-5-19(18)29-22/h2-5,15-17H,6-13H2,1H3,(H,24,25). The van der Waals surface area contributed by atoms with Crippen molar-refractivity contribution in [3.05, 3.63) is 36.0 Å². The molecule has 0 radical (unpaired) electrons. The molecule has 0 atom stereocenters. The number of amides is 1. The molecule has 30 heavy (non-hydrogen) atoms. The van der Waals surface area contributed by atoms with Gasteiger partial charge in [-0.3, -0.25) is 4.79 Å². The normalized spacial score (nSPS) is 23.0. The third-order valence-corrected chi connectivity index (χ3v) is 6.41. The molecule has 2 fully saturated rings. The Kier molecular flexibility index (Phi) is 5.14. The second-order valence-electron chi connectivity index (χ2n) is 8.45. The van der Waals surface area contributed by atoms with Gasteiger partial charge in [-0.15, -0.1) is 0 Å². The molecule has 8 heteroatoms. The molecule has 1 aliphatic heterocycles. The molecule has 8 nitrogen and oxygen atoms in total. The van der Waals surface area contributed by atoms with E-state index in [4.69, 9.17) is 8.94 Å². The highest BCUT2D eigenvalue weighted by Crippen LogP contribution is 2.31. The molecule has 0 bridgehead atoms. The van der Waals surface area contributed by atoms with Gasteiger partial charge < -0.3 is 19.2 Å². The van der Waals surface area contributed by atoms with Crippen molar-refractivity contribution in [2.75, 3.05) is 18.4 Å². The topological polar surface area (TPSA) is 97.3 Å². The first-order valence-corrected chi connectivity index (χ1v) is 10.9. The van der Waals surface area contributed by atoms with Gasteiger partial charge in [0.25, 0.3) is 6.01 Å². The van der Waals surface area contributed by atoms with Gasteiger partial charge in [-0.25, -0.2) is 0 Å². The number of carbonyl (C=O) groups excluding carboxylic acids is 1. The fourth-order valence-corrected chi connectivity index (χ4v) is 4.69. The first-order valence-electron chi connectivity index (χ1n) is 10.9. The summed E-state index contributed by atoms with van der Waals surface area (Å²) in [6.07, 6.45) is 5.52. The lowest BCUT2D eigenvalue weighted by Crippen LogP contribution is -2.43. The average Bonchev–Trinajstić information content (AvgIpc) is 3.39. The second kappa shape index (κ2) is 8.08. The number of fused-ring (bicyclic) bond motifs is 1. The number of rotatable bonds is 4. The number of nitrogens with one attached hydrogen (secondary N) is 1. The Morgan fingerprint density at radius 3 is 2.53 bits per heavy atom. The van der Waals surface area contributed by atoms with Gasteiger partial charge in [0.1, 0.15) is 5.52 Å². The van der Waals surface area contributed by atoms with E-state index < -0.39 is 0 Å². The minimum absolute atomic E-state index is 0.121. The Labute approximate surface area is 175 Å². The average molecular weight is 409 g/mol. The molecule has 0 unspecified atom stereocenters. The summed E-state index contributed by atoms with van der Waals surface area (Å²) < 4.78 is 10.9. The van der Waals surface area contributed by atoms with Gasteiger partial charge in [0.15, 0.2) is 11.4 Å². The molecule has 1 N–H and O–H groups in total. The van der Waals surface area contributed by atoms with Crippen molar-refractivity contribution in [3.63, 3.8) is 0 Å². The molecule has 3 aromatic rings. The number of aromatic nitrogens is 3. The van der Waals surface area contributed by atoms with Crippen LogP contribution in [0.15, 0.2) is 33.2 Å². The zero-order valence-corrected chi connectivity index (χ0v) is 17.2. The first-order chi connectivity index (χ1) is 14.7. The predicted octanol–water partition coefficient (Wildman–Crippen LogP) is 3.90. The maximum Gasteiger partial charge on any atom is 0.295 e. The van der Waals surface area contributed by atoms with Crippen LogP contribution in [0.25, 0.3) is 11.1 Å². The number of carbonyl (C=O) groups is 1. The summed E-state index contributed by atoms with van der Waals surface area (Å²) in [6, 6.07) is 8.64. The zero-order chi connectivity index (χ0) is 20.5. The lowest BCUT2D eigenvalue weighted by atomic mass is 9.84. The maximum atomic E-state index is 13.0. The van der Waals surface area contributed by atoms with Gasteiger partial charge in [-0.05, 0) is 50.7 Å². The van der Waals surface area contributed by atoms with E-state index in [1.165, 1.54) is 0 Å². The van der Waals surface area contributed by atoms with Crippen LogP contribution < -0.4 is 5.32 Å². The molecule has 0 spiro atoms. The molecule has 1 aliphatic carbocycles. The van der Waals surface area contributed by atoms with Crippen LogP contribution in [-0.2, 0) is 4.79 Å². The lowest BCUT2D eigenvalue weighted by molar-refractivity contribution is -0.137. The van der Waals surface area contributed by atoms with Crippen molar-refractivity contribution in [2.24, 2.45) is 5.92 Å². The fraction of sp³-hybridized carbons (Fsp3) is 0.545. The molecule has 1 aromatic carbocycles. The van der Waals surface area contributed by atoms with E-state index in [2.05, 4.69) is 20.4 Å². The zero-order valence-electron chi connectivity index (χ0n) is 17.2. The van der Waals surface area contributed by atoms with Crippen LogP contribution in [0.2, 0.25) is 0 Å². The molecule has 2 aliphatic rings. The largest absolute Gasteiger partial charge is 0.424 e. The summed E-state index contributed by atoms with van der Waals surface area (Å²) in [5.41, 5.74) is 1.66. The van der Waals surface area contributed by atoms with Gasteiger partial charge in [-0.1, -0.05) is 17.3 Å². The van der Waals surface area contributed by atoms with E-state index >= 15 is 0 Å². The number of nitrogens with zero attached hydrogens (tertiary/aromatic N) is 4. The predicted molar refractivity (Wildman–Crippen MR) is 111 cm³/mol. The minimum Gasteiger partial charge on any atom is -0.424 e. The highest BCUT2D eigenvalue weighted by Gasteiger charge is 2.33. The van der Waals surface area contributed by atoms with E-state index in [1.54, 1.807) is 0 Å². The Morgan fingerprint density at radius 2 is 1.83 bits per heavy atom. The Morgan fingerprint density at radius 1 is 1.07 bits per heavy atom. The molecule has 158 valence electrons. The first kappa shape index (κ1) is 19.1. The molecule has 5 rings (SSSR count). The molecule has 3 heterocycles. The summed E-state index contributed by atoms with van der Waals surface area (Å²) in [5.74, 6) is 2.11. The number of likely N-dealkylation sites (tertiary alicyclic amines) is 1. The van der Waals surface area contributed by atoms with Gasteiger partial charge >= 0.3 is 0 Å². The van der Waals surface area contributed by atoms with Gasteiger partial charge in [-0.2, -0.15) is 9.97 Å². The smallest absolute Gasteiger partial charge is 0.295 e. The molecular weight excluding hydrogens is 382 g/mol. The number of benzene rings is 1. The summed E-state index contributed by atoms with van der Waals surface area (Å²) in [4.78, 5) is 23.9. The highest BCUT2D eigenvalue weighted by atomic mass is 16.5. The number of hydrogen-bond acceptors (Lipinski definition) is 7. The molecule has 2 aromatic heterocycles. The summed E-state index contributed by atoms with van der Waals surface area (Å²) in [5, 5.41) is 7.46. The summed E-state index contributed by atoms with van der Waals surface area (Å²) in [7, 11) is 0. The molecule has 1 saturated heterocycles. The van der Waals surface area contributed by atoms with Crippen LogP contribution in [0.3, 0.4) is 0 Å². The Hall–Kier alpha value is -2.90. The van der Waals surface area contributed by atoms with Crippen LogP contribution in [0.1, 0.15) is 56.2 Å². The van der Waals surface area contributed by atoms with E-state index in [9.17, 15) is 4.79 Å². The van der Waals surface area contributed by atoms with Gasteiger partial charge in [0.05, 0.1) is 0 Å².